The van der Waals surface area contributed by atoms with Gasteiger partial charge in [0.05, 0.1) is 5.69 Å². The minimum absolute atomic E-state index is 0.113. The van der Waals surface area contributed by atoms with Crippen molar-refractivity contribution in [3.63, 3.8) is 0 Å². The van der Waals surface area contributed by atoms with Gasteiger partial charge < -0.3 is 10.2 Å². The van der Waals surface area contributed by atoms with Crippen molar-refractivity contribution in [3.05, 3.63) is 65.5 Å². The molecule has 0 saturated heterocycles. The number of amides is 1. The Kier molecular flexibility index (Phi) is 5.76. The highest BCUT2D eigenvalue weighted by Crippen LogP contribution is 2.19. The quantitative estimate of drug-likeness (QED) is 0.825. The molecule has 0 spiro atoms. The number of hydrogen-bond donors (Lipinski definition) is 1. The summed E-state index contributed by atoms with van der Waals surface area (Å²) in [6, 6.07) is 11.5. The number of anilines is 1. The van der Waals surface area contributed by atoms with Gasteiger partial charge in [0, 0.05) is 19.5 Å². The van der Waals surface area contributed by atoms with Gasteiger partial charge in [-0.25, -0.2) is 13.2 Å². The molecule has 6 heteroatoms. The molecule has 122 valence electrons. The second kappa shape index (κ2) is 7.78. The van der Waals surface area contributed by atoms with Gasteiger partial charge in [-0.1, -0.05) is 30.3 Å². The van der Waals surface area contributed by atoms with Crippen LogP contribution in [0.25, 0.3) is 0 Å². The SMILES string of the molecule is CN(CCC(=O)Nc1ccc(F)c(F)c1F)Cc1ccccc1. The highest BCUT2D eigenvalue weighted by molar-refractivity contribution is 5.90. The molecule has 2 aromatic rings. The van der Waals surface area contributed by atoms with E-state index in [1.807, 2.05) is 42.3 Å². The predicted molar refractivity (Wildman–Crippen MR) is 82.3 cm³/mol. The number of rotatable bonds is 6. The number of hydrogen-bond acceptors (Lipinski definition) is 2. The molecular weight excluding hydrogens is 305 g/mol. The number of nitrogens with one attached hydrogen (secondary N) is 1. The maximum absolute atomic E-state index is 13.5. The second-order valence-electron chi connectivity index (χ2n) is 5.24. The third kappa shape index (κ3) is 4.82. The van der Waals surface area contributed by atoms with E-state index in [4.69, 9.17) is 0 Å². The van der Waals surface area contributed by atoms with Crippen LogP contribution in [-0.4, -0.2) is 24.4 Å². The Bertz CT molecular complexity index is 677. The van der Waals surface area contributed by atoms with E-state index in [0.29, 0.717) is 13.1 Å². The smallest absolute Gasteiger partial charge is 0.225 e. The van der Waals surface area contributed by atoms with Crippen LogP contribution in [0.2, 0.25) is 0 Å². The number of nitrogens with zero attached hydrogens (tertiary/aromatic N) is 1. The van der Waals surface area contributed by atoms with Crippen LogP contribution >= 0.6 is 0 Å². The standard InChI is InChI=1S/C17H17F3N2O/c1-22(11-12-5-3-2-4-6-12)10-9-15(23)21-14-8-7-13(18)16(19)17(14)20/h2-8H,9-11H2,1H3,(H,21,23). The first-order valence-electron chi connectivity index (χ1n) is 7.13. The summed E-state index contributed by atoms with van der Waals surface area (Å²) in [4.78, 5) is 13.7. The van der Waals surface area contributed by atoms with Gasteiger partial charge in [0.15, 0.2) is 17.5 Å². The normalized spacial score (nSPS) is 10.8. The van der Waals surface area contributed by atoms with Crippen LogP contribution in [0.5, 0.6) is 0 Å². The van der Waals surface area contributed by atoms with E-state index in [2.05, 4.69) is 5.32 Å². The topological polar surface area (TPSA) is 32.3 Å². The maximum Gasteiger partial charge on any atom is 0.225 e. The van der Waals surface area contributed by atoms with E-state index in [1.165, 1.54) is 0 Å². The largest absolute Gasteiger partial charge is 0.323 e. The van der Waals surface area contributed by atoms with E-state index in [0.717, 1.165) is 17.7 Å². The summed E-state index contributed by atoms with van der Waals surface area (Å²) < 4.78 is 39.4. The van der Waals surface area contributed by atoms with Crippen molar-refractivity contribution in [3.8, 4) is 0 Å². The predicted octanol–water partition coefficient (Wildman–Crippen LogP) is 3.56. The highest BCUT2D eigenvalue weighted by Gasteiger charge is 2.15. The number of carbonyl (C=O) groups is 1. The Morgan fingerprint density at radius 2 is 1.74 bits per heavy atom. The van der Waals surface area contributed by atoms with Crippen LogP contribution in [-0.2, 0) is 11.3 Å². The minimum Gasteiger partial charge on any atom is -0.323 e. The van der Waals surface area contributed by atoms with Gasteiger partial charge in [-0.05, 0) is 24.7 Å². The highest BCUT2D eigenvalue weighted by atomic mass is 19.2. The number of benzene rings is 2. The summed E-state index contributed by atoms with van der Waals surface area (Å²) >= 11 is 0. The third-order valence-corrected chi connectivity index (χ3v) is 3.33. The van der Waals surface area contributed by atoms with Gasteiger partial charge in [-0.15, -0.1) is 0 Å². The van der Waals surface area contributed by atoms with Crippen molar-refractivity contribution in [2.75, 3.05) is 18.9 Å². The molecule has 0 aliphatic carbocycles. The van der Waals surface area contributed by atoms with Crippen molar-refractivity contribution in [1.82, 2.24) is 4.90 Å². The van der Waals surface area contributed by atoms with Crippen LogP contribution in [0, 0.1) is 17.5 Å². The lowest BCUT2D eigenvalue weighted by Gasteiger charge is -2.16. The Morgan fingerprint density at radius 3 is 2.43 bits per heavy atom. The zero-order chi connectivity index (χ0) is 16.8. The molecule has 3 nitrogen and oxygen atoms in total. The van der Waals surface area contributed by atoms with Crippen LogP contribution in [0.1, 0.15) is 12.0 Å². The fourth-order valence-electron chi connectivity index (χ4n) is 2.10. The molecule has 0 aromatic heterocycles. The van der Waals surface area contributed by atoms with Crippen molar-refractivity contribution in [2.24, 2.45) is 0 Å². The number of carbonyl (C=O) groups excluding carboxylic acids is 1. The second-order valence-corrected chi connectivity index (χ2v) is 5.24. The molecule has 1 N–H and O–H groups in total. The molecule has 0 fully saturated rings. The molecule has 1 amide bonds. The van der Waals surface area contributed by atoms with E-state index in [-0.39, 0.29) is 12.1 Å². The van der Waals surface area contributed by atoms with Crippen molar-refractivity contribution in [1.29, 1.82) is 0 Å². The lowest BCUT2D eigenvalue weighted by molar-refractivity contribution is -0.116. The minimum atomic E-state index is -1.59. The summed E-state index contributed by atoms with van der Waals surface area (Å²) in [7, 11) is 1.86. The first-order chi connectivity index (χ1) is 11.0. The summed E-state index contributed by atoms with van der Waals surface area (Å²) in [5.74, 6) is -4.74. The van der Waals surface area contributed by atoms with Gasteiger partial charge >= 0.3 is 0 Å². The molecule has 0 atom stereocenters. The van der Waals surface area contributed by atoms with Gasteiger partial charge in [-0.2, -0.15) is 0 Å². The zero-order valence-corrected chi connectivity index (χ0v) is 12.7. The number of halogens is 3. The summed E-state index contributed by atoms with van der Waals surface area (Å²) in [5, 5.41) is 2.25. The van der Waals surface area contributed by atoms with Gasteiger partial charge in [0.1, 0.15) is 0 Å². The lowest BCUT2D eigenvalue weighted by Crippen LogP contribution is -2.24. The van der Waals surface area contributed by atoms with Crippen LogP contribution in [0.3, 0.4) is 0 Å². The molecule has 0 bridgehead atoms. The summed E-state index contributed by atoms with van der Waals surface area (Å²) in [6.45, 7) is 1.12. The van der Waals surface area contributed by atoms with Crippen LogP contribution in [0.15, 0.2) is 42.5 Å². The van der Waals surface area contributed by atoms with E-state index in [1.54, 1.807) is 0 Å². The molecule has 23 heavy (non-hydrogen) atoms. The van der Waals surface area contributed by atoms with Crippen molar-refractivity contribution < 1.29 is 18.0 Å². The molecule has 0 aliphatic rings. The molecule has 2 aromatic carbocycles. The van der Waals surface area contributed by atoms with E-state index in [9.17, 15) is 18.0 Å². The summed E-state index contributed by atoms with van der Waals surface area (Å²) in [5.41, 5.74) is 0.752. The Balaban J connectivity index is 1.84. The Labute approximate surface area is 132 Å². The maximum atomic E-state index is 13.5. The Morgan fingerprint density at radius 1 is 1.04 bits per heavy atom. The van der Waals surface area contributed by atoms with E-state index < -0.39 is 23.4 Å². The monoisotopic (exact) mass is 322 g/mol. The van der Waals surface area contributed by atoms with Crippen molar-refractivity contribution >= 4 is 11.6 Å². The molecular formula is C17H17F3N2O. The first-order valence-corrected chi connectivity index (χ1v) is 7.13. The van der Waals surface area contributed by atoms with Gasteiger partial charge in [0.2, 0.25) is 5.91 Å². The average molecular weight is 322 g/mol. The van der Waals surface area contributed by atoms with E-state index >= 15 is 0 Å². The van der Waals surface area contributed by atoms with Gasteiger partial charge in [-0.3, -0.25) is 4.79 Å². The molecule has 0 radical (unpaired) electrons. The fraction of sp³-hybridized carbons (Fsp3) is 0.235. The Hall–Kier alpha value is -2.34. The van der Waals surface area contributed by atoms with Gasteiger partial charge in [0.25, 0.3) is 0 Å². The first kappa shape index (κ1) is 17.0. The molecule has 0 aliphatic heterocycles. The van der Waals surface area contributed by atoms with Crippen molar-refractivity contribution in [2.45, 2.75) is 13.0 Å². The molecule has 0 unspecified atom stereocenters. The van der Waals surface area contributed by atoms with Crippen LogP contribution < -0.4 is 5.32 Å². The summed E-state index contributed by atoms with van der Waals surface area (Å²) in [6.07, 6.45) is 0.113. The molecule has 2 rings (SSSR count). The lowest BCUT2D eigenvalue weighted by atomic mass is 10.2. The molecule has 0 heterocycles. The third-order valence-electron chi connectivity index (χ3n) is 3.33. The fourth-order valence-corrected chi connectivity index (χ4v) is 2.10. The molecule has 0 saturated carbocycles. The van der Waals surface area contributed by atoms with Crippen LogP contribution in [0.4, 0.5) is 18.9 Å². The zero-order valence-electron chi connectivity index (χ0n) is 12.7. The average Bonchev–Trinajstić information content (AvgIpc) is 2.54.